The van der Waals surface area contributed by atoms with Gasteiger partial charge in [-0.2, -0.15) is 0 Å². The fourth-order valence-corrected chi connectivity index (χ4v) is 5.35. The number of aryl methyl sites for hydroxylation is 2. The number of ketones is 1. The first-order valence-electron chi connectivity index (χ1n) is 12.3. The average Bonchev–Trinajstić information content (AvgIpc) is 3.44. The first-order valence-corrected chi connectivity index (χ1v) is 13.1. The van der Waals surface area contributed by atoms with Crippen molar-refractivity contribution in [3.8, 4) is 17.2 Å². The summed E-state index contributed by atoms with van der Waals surface area (Å²) in [6.07, 6.45) is 1.43. The third-order valence-electron chi connectivity index (χ3n) is 6.24. The summed E-state index contributed by atoms with van der Waals surface area (Å²) < 4.78 is 15.9. The number of benzene rings is 2. The van der Waals surface area contributed by atoms with Gasteiger partial charge in [-0.1, -0.05) is 30.1 Å². The van der Waals surface area contributed by atoms with Crippen LogP contribution in [0.25, 0.3) is 5.76 Å². The molecule has 0 bridgehead atoms. The number of thiazole rings is 1. The SMILES string of the molecule is C=CCOC(=O)c1sc(N2C(=O)C(=O)C(=C(O)c3ccc(OC)cc3C)[C@H]2c2ccc(O)c(OCC)c2)nc1C. The Hall–Kier alpha value is -4.64. The van der Waals surface area contributed by atoms with Gasteiger partial charge in [-0.25, -0.2) is 9.78 Å². The van der Waals surface area contributed by atoms with Gasteiger partial charge in [-0.05, 0) is 62.2 Å². The van der Waals surface area contributed by atoms with Gasteiger partial charge in [0.25, 0.3) is 5.78 Å². The number of carbonyl (C=O) groups is 3. The van der Waals surface area contributed by atoms with Gasteiger partial charge in [-0.3, -0.25) is 14.5 Å². The Balaban J connectivity index is 1.94. The Morgan fingerprint density at radius 1 is 1.20 bits per heavy atom. The van der Waals surface area contributed by atoms with E-state index < -0.39 is 29.5 Å². The molecule has 0 radical (unpaired) electrons. The van der Waals surface area contributed by atoms with Gasteiger partial charge < -0.3 is 24.4 Å². The number of carbonyl (C=O) groups excluding carboxylic acids is 3. The number of amides is 1. The summed E-state index contributed by atoms with van der Waals surface area (Å²) in [6.45, 7) is 8.84. The average molecular weight is 565 g/mol. The van der Waals surface area contributed by atoms with Gasteiger partial charge in [-0.15, -0.1) is 0 Å². The lowest BCUT2D eigenvalue weighted by atomic mass is 9.93. The largest absolute Gasteiger partial charge is 0.507 e. The van der Waals surface area contributed by atoms with Crippen molar-refractivity contribution in [1.29, 1.82) is 0 Å². The Bertz CT molecular complexity index is 1540. The number of methoxy groups -OCH3 is 1. The molecule has 208 valence electrons. The van der Waals surface area contributed by atoms with E-state index in [9.17, 15) is 24.6 Å². The summed E-state index contributed by atoms with van der Waals surface area (Å²) >= 11 is 0.886. The van der Waals surface area contributed by atoms with Crippen LogP contribution in [0.1, 0.15) is 45.0 Å². The maximum Gasteiger partial charge on any atom is 0.350 e. The zero-order chi connectivity index (χ0) is 29.1. The van der Waals surface area contributed by atoms with E-state index in [4.69, 9.17) is 14.2 Å². The maximum absolute atomic E-state index is 13.5. The first kappa shape index (κ1) is 28.4. The number of esters is 1. The van der Waals surface area contributed by atoms with E-state index in [0.29, 0.717) is 28.1 Å². The van der Waals surface area contributed by atoms with Crippen molar-refractivity contribution in [3.05, 3.63) is 81.9 Å². The van der Waals surface area contributed by atoms with E-state index >= 15 is 0 Å². The molecule has 2 heterocycles. The van der Waals surface area contributed by atoms with E-state index in [2.05, 4.69) is 11.6 Å². The molecule has 1 amide bonds. The number of hydrogen-bond donors (Lipinski definition) is 2. The number of aromatic hydroxyl groups is 1. The van der Waals surface area contributed by atoms with E-state index in [1.54, 1.807) is 39.0 Å². The van der Waals surface area contributed by atoms with Crippen LogP contribution >= 0.6 is 11.3 Å². The number of phenols is 1. The molecule has 1 aliphatic rings. The van der Waals surface area contributed by atoms with Crippen LogP contribution in [0.4, 0.5) is 5.13 Å². The number of aliphatic hydroxyl groups is 1. The fraction of sp³-hybridized carbons (Fsp3) is 0.241. The van der Waals surface area contributed by atoms with Gasteiger partial charge in [0.05, 0.1) is 31.0 Å². The number of aliphatic hydroxyl groups excluding tert-OH is 1. The molecular weight excluding hydrogens is 536 g/mol. The highest BCUT2D eigenvalue weighted by atomic mass is 32.1. The molecular formula is C29H28N2O8S. The Kier molecular flexibility index (Phi) is 8.24. The Labute approximate surface area is 234 Å². The van der Waals surface area contributed by atoms with Crippen LogP contribution in [0.2, 0.25) is 0 Å². The van der Waals surface area contributed by atoms with Crippen molar-refractivity contribution >= 4 is 39.9 Å². The molecule has 2 aromatic carbocycles. The predicted molar refractivity (Wildman–Crippen MR) is 149 cm³/mol. The molecule has 0 saturated carbocycles. The summed E-state index contributed by atoms with van der Waals surface area (Å²) in [5.41, 5.74) is 1.43. The van der Waals surface area contributed by atoms with Crippen LogP contribution in [-0.2, 0) is 14.3 Å². The fourth-order valence-electron chi connectivity index (χ4n) is 4.37. The number of aromatic nitrogens is 1. The highest BCUT2D eigenvalue weighted by Crippen LogP contribution is 2.45. The minimum atomic E-state index is -1.15. The van der Waals surface area contributed by atoms with Crippen LogP contribution in [0.15, 0.2) is 54.6 Å². The number of ether oxygens (including phenoxy) is 3. The molecule has 2 N–H and O–H groups in total. The summed E-state index contributed by atoms with van der Waals surface area (Å²) in [6, 6.07) is 8.17. The summed E-state index contributed by atoms with van der Waals surface area (Å²) in [4.78, 5) is 45.3. The van der Waals surface area contributed by atoms with Gasteiger partial charge in [0, 0.05) is 5.56 Å². The third kappa shape index (κ3) is 5.15. The Morgan fingerprint density at radius 3 is 2.60 bits per heavy atom. The minimum absolute atomic E-state index is 0.00898. The lowest BCUT2D eigenvalue weighted by Crippen LogP contribution is -2.29. The van der Waals surface area contributed by atoms with Gasteiger partial charge >= 0.3 is 11.9 Å². The number of anilines is 1. The van der Waals surface area contributed by atoms with Crippen LogP contribution < -0.4 is 14.4 Å². The molecule has 11 heteroatoms. The summed E-state index contributed by atoms with van der Waals surface area (Å²) in [7, 11) is 1.51. The molecule has 10 nitrogen and oxygen atoms in total. The molecule has 0 spiro atoms. The smallest absolute Gasteiger partial charge is 0.350 e. The number of phenolic OH excluding ortho intramolecular Hbond substituents is 1. The van der Waals surface area contributed by atoms with Crippen LogP contribution in [0.5, 0.6) is 17.2 Å². The lowest BCUT2D eigenvalue weighted by molar-refractivity contribution is -0.132. The molecule has 1 aliphatic heterocycles. The van der Waals surface area contributed by atoms with Gasteiger partial charge in [0.15, 0.2) is 16.6 Å². The number of rotatable bonds is 9. The van der Waals surface area contributed by atoms with E-state index in [0.717, 1.165) is 16.2 Å². The monoisotopic (exact) mass is 564 g/mol. The van der Waals surface area contributed by atoms with Crippen molar-refractivity contribution < 1.29 is 38.8 Å². The Morgan fingerprint density at radius 2 is 1.95 bits per heavy atom. The van der Waals surface area contributed by atoms with E-state index in [1.165, 1.54) is 31.4 Å². The first-order chi connectivity index (χ1) is 19.1. The minimum Gasteiger partial charge on any atom is -0.507 e. The number of nitrogens with zero attached hydrogens (tertiary/aromatic N) is 2. The number of hydrogen-bond acceptors (Lipinski definition) is 10. The zero-order valence-corrected chi connectivity index (χ0v) is 23.2. The summed E-state index contributed by atoms with van der Waals surface area (Å²) in [5.74, 6) is -2.36. The van der Waals surface area contributed by atoms with Crippen molar-refractivity contribution in [1.82, 2.24) is 4.98 Å². The van der Waals surface area contributed by atoms with Crippen LogP contribution in [0.3, 0.4) is 0 Å². The molecule has 1 aromatic heterocycles. The third-order valence-corrected chi connectivity index (χ3v) is 7.38. The molecule has 40 heavy (non-hydrogen) atoms. The normalized spacial score (nSPS) is 16.2. The summed E-state index contributed by atoms with van der Waals surface area (Å²) in [5, 5.41) is 21.8. The second-order valence-corrected chi connectivity index (χ2v) is 9.79. The molecule has 1 fully saturated rings. The van der Waals surface area contributed by atoms with Crippen LogP contribution in [-0.4, -0.2) is 53.2 Å². The van der Waals surface area contributed by atoms with Gasteiger partial charge in [0.2, 0.25) is 0 Å². The highest BCUT2D eigenvalue weighted by molar-refractivity contribution is 7.17. The van der Waals surface area contributed by atoms with E-state index in [1.807, 2.05) is 0 Å². The molecule has 0 aliphatic carbocycles. The molecule has 4 rings (SSSR count). The quantitative estimate of drug-likeness (QED) is 0.123. The second-order valence-electron chi connectivity index (χ2n) is 8.81. The zero-order valence-electron chi connectivity index (χ0n) is 22.4. The van der Waals surface area contributed by atoms with E-state index in [-0.39, 0.29) is 40.3 Å². The predicted octanol–water partition coefficient (Wildman–Crippen LogP) is 4.84. The number of Topliss-reactive ketones (excluding diaryl/α,β-unsaturated/α-hetero) is 1. The maximum atomic E-state index is 13.5. The highest BCUT2D eigenvalue weighted by Gasteiger charge is 2.48. The van der Waals surface area contributed by atoms with Crippen molar-refractivity contribution in [2.75, 3.05) is 25.2 Å². The topological polar surface area (TPSA) is 135 Å². The van der Waals surface area contributed by atoms with Crippen molar-refractivity contribution in [2.45, 2.75) is 26.8 Å². The van der Waals surface area contributed by atoms with Crippen molar-refractivity contribution in [3.63, 3.8) is 0 Å². The second kappa shape index (κ2) is 11.6. The standard InChI is InChI=1S/C29H28N2O8S/c1-6-12-39-28(36)26-16(4)30-29(40-26)31-23(17-8-11-20(32)21(14-17)38-7-2)22(25(34)27(31)35)24(33)19-10-9-18(37-5)13-15(19)3/h6,8-11,13-14,23,32-33H,1,7,12H2,2-5H3/t23-/m1/s1. The van der Waals surface area contributed by atoms with Crippen LogP contribution in [0, 0.1) is 13.8 Å². The molecule has 3 aromatic rings. The molecule has 0 unspecified atom stereocenters. The lowest BCUT2D eigenvalue weighted by Gasteiger charge is -2.24. The molecule has 1 saturated heterocycles. The molecule has 1 atom stereocenters. The van der Waals surface area contributed by atoms with Gasteiger partial charge in [0.1, 0.15) is 23.0 Å². The van der Waals surface area contributed by atoms with Crippen molar-refractivity contribution in [2.24, 2.45) is 0 Å².